The van der Waals surface area contributed by atoms with E-state index in [4.69, 9.17) is 33.7 Å². The standard InChI is InChI=1S/C10H9Cl2NO2/c1-15-10-6(2-3-9(13)14)4-7(11)5-8(10)12/h2-5H,1H3,(H2,13,14). The number of benzene rings is 1. The van der Waals surface area contributed by atoms with E-state index in [1.807, 2.05) is 0 Å². The molecule has 0 bridgehead atoms. The number of hydrogen-bond acceptors (Lipinski definition) is 2. The molecule has 0 atom stereocenters. The lowest BCUT2D eigenvalue weighted by atomic mass is 10.2. The van der Waals surface area contributed by atoms with Crippen molar-refractivity contribution in [1.82, 2.24) is 0 Å². The van der Waals surface area contributed by atoms with Gasteiger partial charge in [0.25, 0.3) is 0 Å². The van der Waals surface area contributed by atoms with Gasteiger partial charge in [-0.25, -0.2) is 0 Å². The topological polar surface area (TPSA) is 52.3 Å². The predicted molar refractivity (Wildman–Crippen MR) is 61.2 cm³/mol. The van der Waals surface area contributed by atoms with Crippen LogP contribution in [0.4, 0.5) is 0 Å². The van der Waals surface area contributed by atoms with E-state index in [-0.39, 0.29) is 0 Å². The molecular weight excluding hydrogens is 237 g/mol. The second-order valence-corrected chi connectivity index (χ2v) is 3.59. The zero-order chi connectivity index (χ0) is 11.4. The number of methoxy groups -OCH3 is 1. The maximum atomic E-state index is 10.6. The van der Waals surface area contributed by atoms with Crippen LogP contribution in [0.1, 0.15) is 5.56 Å². The lowest BCUT2D eigenvalue weighted by Gasteiger charge is -2.07. The van der Waals surface area contributed by atoms with E-state index >= 15 is 0 Å². The Balaban J connectivity index is 3.20. The Hall–Kier alpha value is -1.19. The summed E-state index contributed by atoms with van der Waals surface area (Å²) >= 11 is 11.7. The fourth-order valence-corrected chi connectivity index (χ4v) is 1.68. The minimum atomic E-state index is -0.548. The highest BCUT2D eigenvalue weighted by atomic mass is 35.5. The monoisotopic (exact) mass is 245 g/mol. The van der Waals surface area contributed by atoms with Gasteiger partial charge < -0.3 is 10.5 Å². The zero-order valence-corrected chi connectivity index (χ0v) is 9.47. The van der Waals surface area contributed by atoms with E-state index in [1.165, 1.54) is 19.3 Å². The molecule has 1 amide bonds. The Bertz CT molecular complexity index is 416. The number of nitrogens with two attached hydrogens (primary N) is 1. The van der Waals surface area contributed by atoms with Crippen LogP contribution in [0.2, 0.25) is 10.0 Å². The van der Waals surface area contributed by atoms with Crippen LogP contribution >= 0.6 is 23.2 Å². The number of hydrogen-bond donors (Lipinski definition) is 1. The highest BCUT2D eigenvalue weighted by Gasteiger charge is 2.07. The van der Waals surface area contributed by atoms with Gasteiger partial charge in [0, 0.05) is 16.7 Å². The minimum Gasteiger partial charge on any atom is -0.495 e. The molecule has 0 saturated carbocycles. The van der Waals surface area contributed by atoms with Crippen LogP contribution < -0.4 is 10.5 Å². The highest BCUT2D eigenvalue weighted by Crippen LogP contribution is 2.32. The second kappa shape index (κ2) is 5.05. The first-order valence-electron chi connectivity index (χ1n) is 4.05. The van der Waals surface area contributed by atoms with Gasteiger partial charge in [-0.3, -0.25) is 4.79 Å². The summed E-state index contributed by atoms with van der Waals surface area (Å²) in [5, 5.41) is 0.846. The summed E-state index contributed by atoms with van der Waals surface area (Å²) in [7, 11) is 1.48. The molecule has 0 aliphatic heterocycles. The van der Waals surface area contributed by atoms with E-state index in [9.17, 15) is 4.79 Å². The van der Waals surface area contributed by atoms with Crippen molar-refractivity contribution in [3.05, 3.63) is 33.8 Å². The summed E-state index contributed by atoms with van der Waals surface area (Å²) in [5.74, 6) is -0.0910. The predicted octanol–water partition coefficient (Wildman–Crippen LogP) is 2.50. The van der Waals surface area contributed by atoms with Crippen molar-refractivity contribution >= 4 is 35.2 Å². The summed E-state index contributed by atoms with van der Waals surface area (Å²) in [5.41, 5.74) is 5.58. The molecule has 0 saturated heterocycles. The molecule has 0 spiro atoms. The number of carbonyl (C=O) groups excluding carboxylic acids is 1. The third-order valence-corrected chi connectivity index (χ3v) is 2.17. The molecule has 0 aliphatic rings. The lowest BCUT2D eigenvalue weighted by Crippen LogP contribution is -2.05. The summed E-state index contributed by atoms with van der Waals surface area (Å²) in [4.78, 5) is 10.6. The third kappa shape index (κ3) is 3.15. The Morgan fingerprint density at radius 2 is 2.13 bits per heavy atom. The van der Waals surface area contributed by atoms with Crippen LogP contribution in [-0.2, 0) is 4.79 Å². The van der Waals surface area contributed by atoms with Crippen molar-refractivity contribution < 1.29 is 9.53 Å². The number of carbonyl (C=O) groups is 1. The van der Waals surface area contributed by atoms with Crippen molar-refractivity contribution in [1.29, 1.82) is 0 Å². The van der Waals surface area contributed by atoms with Crippen molar-refractivity contribution in [3.63, 3.8) is 0 Å². The first-order chi connectivity index (χ1) is 7.04. The van der Waals surface area contributed by atoms with Gasteiger partial charge in [0.05, 0.1) is 12.1 Å². The van der Waals surface area contributed by atoms with Gasteiger partial charge in [-0.05, 0) is 18.2 Å². The van der Waals surface area contributed by atoms with E-state index in [2.05, 4.69) is 0 Å². The fourth-order valence-electron chi connectivity index (χ4n) is 1.09. The van der Waals surface area contributed by atoms with Gasteiger partial charge in [-0.1, -0.05) is 23.2 Å². The molecule has 0 radical (unpaired) electrons. The number of halogens is 2. The number of ether oxygens (including phenoxy) is 1. The fraction of sp³-hybridized carbons (Fsp3) is 0.100. The van der Waals surface area contributed by atoms with Crippen LogP contribution in [0, 0.1) is 0 Å². The molecular formula is C10H9Cl2NO2. The molecule has 2 N–H and O–H groups in total. The van der Waals surface area contributed by atoms with Gasteiger partial charge in [0.1, 0.15) is 5.75 Å². The van der Waals surface area contributed by atoms with E-state index in [0.717, 1.165) is 0 Å². The molecule has 3 nitrogen and oxygen atoms in total. The van der Waals surface area contributed by atoms with Crippen LogP contribution in [-0.4, -0.2) is 13.0 Å². The zero-order valence-electron chi connectivity index (χ0n) is 7.96. The first kappa shape index (κ1) is 11.9. The first-order valence-corrected chi connectivity index (χ1v) is 4.80. The molecule has 0 fully saturated rings. The number of rotatable bonds is 3. The van der Waals surface area contributed by atoms with Crippen molar-refractivity contribution in [3.8, 4) is 5.75 Å². The molecule has 15 heavy (non-hydrogen) atoms. The van der Waals surface area contributed by atoms with Crippen molar-refractivity contribution in [2.75, 3.05) is 7.11 Å². The van der Waals surface area contributed by atoms with Gasteiger partial charge in [0.2, 0.25) is 5.91 Å². The quantitative estimate of drug-likeness (QED) is 0.833. The molecule has 1 aromatic carbocycles. The summed E-state index contributed by atoms with van der Waals surface area (Å²) < 4.78 is 5.07. The largest absolute Gasteiger partial charge is 0.495 e. The maximum Gasteiger partial charge on any atom is 0.241 e. The van der Waals surface area contributed by atoms with E-state index < -0.39 is 5.91 Å². The third-order valence-electron chi connectivity index (χ3n) is 1.67. The lowest BCUT2D eigenvalue weighted by molar-refractivity contribution is -0.113. The van der Waals surface area contributed by atoms with Gasteiger partial charge >= 0.3 is 0 Å². The average Bonchev–Trinajstić information content (AvgIpc) is 2.13. The Morgan fingerprint density at radius 3 is 2.67 bits per heavy atom. The summed E-state index contributed by atoms with van der Waals surface area (Å²) in [6, 6.07) is 3.19. The second-order valence-electron chi connectivity index (χ2n) is 2.75. The number of amides is 1. The minimum absolute atomic E-state index is 0.383. The van der Waals surface area contributed by atoms with Gasteiger partial charge in [0.15, 0.2) is 0 Å². The van der Waals surface area contributed by atoms with Crippen LogP contribution in [0.5, 0.6) is 5.75 Å². The van der Waals surface area contributed by atoms with E-state index in [0.29, 0.717) is 21.4 Å². The molecule has 0 aliphatic carbocycles. The van der Waals surface area contributed by atoms with Gasteiger partial charge in [-0.15, -0.1) is 0 Å². The number of primary amides is 1. The molecule has 1 aromatic rings. The molecule has 80 valence electrons. The Labute approximate surface area is 97.4 Å². The maximum absolute atomic E-state index is 10.6. The Kier molecular flexibility index (Phi) is 4.00. The van der Waals surface area contributed by atoms with Crippen LogP contribution in [0.25, 0.3) is 6.08 Å². The highest BCUT2D eigenvalue weighted by molar-refractivity contribution is 6.35. The summed E-state index contributed by atoms with van der Waals surface area (Å²) in [6.45, 7) is 0. The molecule has 0 heterocycles. The molecule has 1 rings (SSSR count). The smallest absolute Gasteiger partial charge is 0.241 e. The molecule has 0 unspecified atom stereocenters. The van der Waals surface area contributed by atoms with Crippen molar-refractivity contribution in [2.45, 2.75) is 0 Å². The van der Waals surface area contributed by atoms with Crippen LogP contribution in [0.3, 0.4) is 0 Å². The van der Waals surface area contributed by atoms with Gasteiger partial charge in [-0.2, -0.15) is 0 Å². The normalized spacial score (nSPS) is 10.6. The average molecular weight is 246 g/mol. The van der Waals surface area contributed by atoms with Crippen LogP contribution in [0.15, 0.2) is 18.2 Å². The Morgan fingerprint density at radius 1 is 1.47 bits per heavy atom. The summed E-state index contributed by atoms with van der Waals surface area (Å²) in [6.07, 6.45) is 2.71. The molecule has 0 aromatic heterocycles. The van der Waals surface area contributed by atoms with E-state index in [1.54, 1.807) is 12.1 Å². The van der Waals surface area contributed by atoms with Crippen molar-refractivity contribution in [2.24, 2.45) is 5.73 Å². The SMILES string of the molecule is COc1c(Cl)cc(Cl)cc1C=CC(N)=O. The molecule has 5 heteroatoms.